The number of fused-ring (bicyclic) bond motifs is 18. The molecule has 0 atom stereocenters. The van der Waals surface area contributed by atoms with Crippen molar-refractivity contribution in [3.8, 4) is 68.9 Å². The molecule has 3 N–H and O–H groups in total. The number of aliphatic imine (C=N–C) groups is 4. The fraction of sp³-hybridized carbons (Fsp3) is 0.158. The molecular weight excluding hydrogens is 1460 g/mol. The summed E-state index contributed by atoms with van der Waals surface area (Å²) in [6.07, 6.45) is 2.72. The van der Waals surface area contributed by atoms with Crippen LogP contribution in [-0.4, -0.2) is 109 Å². The predicted molar refractivity (Wildman–Crippen MR) is 394 cm³/mol. The van der Waals surface area contributed by atoms with Gasteiger partial charge in [0.05, 0.1) is 0 Å². The molecule has 4 aliphatic heterocycles. The fourth-order valence-corrected chi connectivity index (χ4v) is 23.6. The van der Waals surface area contributed by atoms with E-state index in [1.54, 1.807) is 31.1 Å². The monoisotopic (exact) mass is 1520 g/mol. The fourth-order valence-electron chi connectivity index (χ4n) is 13.9. The average molecular weight is 1520 g/mol. The normalized spacial score (nSPS) is 13.5. The number of unbranched alkanes of at least 4 members (excludes halogenated alkanes) is 2. The minimum atomic E-state index is -5.98. The molecule has 6 heterocycles. The molecule has 4 aliphatic rings. The molecule has 0 fully saturated rings. The molecule has 2 aromatic heterocycles. The summed E-state index contributed by atoms with van der Waals surface area (Å²) < 4.78 is 121. The molecule has 26 heteroatoms. The standard InChI is InChI=1S/C76H56N8O10S2.In.H2O4S/c1-5-9-37-89-65-51-25-17-19-27-53(51)67(91-39-11-7-3)63-61(65)74-80-70-56-42-46-22-14-16-24-50(46)58(44-31-35-48(36-32-44)96(86,87)88)60(56)72(78-70)82-76-64-62(66(90-38-10-6-2)52-26-18-20-28-54(52)68(64)92-40-12-8-4)73(84-76)79-69-55-41-45-21-13-15-23-49(45)57(59(55)71(77-69)81-75(63)83-74)43-29-33-47(34-30-43)95-94-93-85;;1-5(2,3)4/h13-36,41-42H,6-7,10-11,37-40H2,1-4H3,(H2-2,77,78,79,80,81,82,83,84,85,86,87,88);;(H2,1,2,3,4)/q-2;+3;/p-1. The Balaban J connectivity index is 1.20. The average Bonchev–Trinajstić information content (AvgIpc) is 1.52. The molecule has 0 aliphatic carbocycles. The van der Waals surface area contributed by atoms with Gasteiger partial charge >= 0.3 is 591 Å². The first-order valence-corrected chi connectivity index (χ1v) is 40.5. The Morgan fingerprint density at radius 1 is 0.480 bits per heavy atom. The van der Waals surface area contributed by atoms with Crippen molar-refractivity contribution in [3.63, 3.8) is 0 Å². The van der Waals surface area contributed by atoms with Gasteiger partial charge in [0, 0.05) is 0 Å². The Morgan fingerprint density at radius 2 is 0.902 bits per heavy atom. The zero-order valence-electron chi connectivity index (χ0n) is 54.9. The molecule has 102 heavy (non-hydrogen) atoms. The third-order valence-electron chi connectivity index (χ3n) is 18.2. The van der Waals surface area contributed by atoms with Crippen LogP contribution in [0.5, 0.6) is 23.0 Å². The first kappa shape index (κ1) is 66.4. The van der Waals surface area contributed by atoms with Crippen LogP contribution in [0.15, 0.2) is 197 Å². The first-order chi connectivity index (χ1) is 49.7. The second-order valence-corrected chi connectivity index (χ2v) is 33.8. The molecule has 506 valence electrons. The van der Waals surface area contributed by atoms with E-state index in [9.17, 15) is 25.9 Å². The van der Waals surface area contributed by atoms with Gasteiger partial charge in [0.25, 0.3) is 0 Å². The Bertz CT molecular complexity index is 6250. The number of amidine groups is 4. The van der Waals surface area contributed by atoms with Crippen molar-refractivity contribution in [1.29, 1.82) is 0 Å². The van der Waals surface area contributed by atoms with Crippen LogP contribution in [0.2, 0.25) is 0 Å². The van der Waals surface area contributed by atoms with E-state index >= 15 is 0 Å². The zero-order chi connectivity index (χ0) is 70.1. The van der Waals surface area contributed by atoms with Crippen molar-refractivity contribution in [2.75, 3.05) is 26.4 Å². The molecule has 0 saturated carbocycles. The number of hydrogen-bond donors (Lipinski definition) is 3. The number of rotatable bonds is 20. The van der Waals surface area contributed by atoms with Crippen molar-refractivity contribution in [2.45, 2.75) is 63.2 Å². The molecule has 0 unspecified atom stereocenters. The Labute approximate surface area is 596 Å². The van der Waals surface area contributed by atoms with Crippen LogP contribution >= 0.6 is 12.0 Å². The van der Waals surface area contributed by atoms with Crippen LogP contribution in [0.4, 0.5) is 11.6 Å². The molecule has 12 aromatic rings. The van der Waals surface area contributed by atoms with Crippen LogP contribution in [-0.2, 0) is 32.2 Å². The van der Waals surface area contributed by atoms with Crippen LogP contribution < -0.4 is 29.9 Å². The van der Waals surface area contributed by atoms with Gasteiger partial charge in [0.1, 0.15) is 0 Å². The molecule has 16 rings (SSSR count). The second kappa shape index (κ2) is 27.0. The van der Waals surface area contributed by atoms with E-state index in [2.05, 4.69) is 35.6 Å². The van der Waals surface area contributed by atoms with Crippen molar-refractivity contribution in [3.05, 3.63) is 191 Å². The van der Waals surface area contributed by atoms with Crippen molar-refractivity contribution in [1.82, 2.24) is 5.11 Å². The summed E-state index contributed by atoms with van der Waals surface area (Å²) in [5, 5.41) is 19.6. The van der Waals surface area contributed by atoms with Gasteiger partial charge in [-0.2, -0.15) is 0 Å². The van der Waals surface area contributed by atoms with Crippen molar-refractivity contribution in [2.24, 2.45) is 30.0 Å². The molecule has 10 aromatic carbocycles. The third kappa shape index (κ3) is 11.4. The summed E-state index contributed by atoms with van der Waals surface area (Å²) >= 11 is -5.18. The maximum absolute atomic E-state index is 14.8. The number of benzene rings is 10. The van der Waals surface area contributed by atoms with Gasteiger partial charge in [-0.05, 0) is 0 Å². The van der Waals surface area contributed by atoms with Gasteiger partial charge in [-0.25, -0.2) is 5.26 Å². The van der Waals surface area contributed by atoms with Crippen LogP contribution in [0.25, 0.3) is 86.9 Å². The number of hydrogen-bond acceptors (Lipinski definition) is 19. The van der Waals surface area contributed by atoms with E-state index in [0.717, 1.165) is 41.0 Å². The van der Waals surface area contributed by atoms with Gasteiger partial charge in [-0.3, -0.25) is 0 Å². The molecular formula is C76H57InN8O14S3. The summed E-state index contributed by atoms with van der Waals surface area (Å²) in [7, 11) is -10.3. The summed E-state index contributed by atoms with van der Waals surface area (Å²) in [5.74, 6) is 13.7. The van der Waals surface area contributed by atoms with Crippen LogP contribution in [0.3, 0.4) is 0 Å². The van der Waals surface area contributed by atoms with E-state index in [1.165, 1.54) is 12.1 Å². The zero-order valence-corrected chi connectivity index (χ0v) is 60.6. The quantitative estimate of drug-likeness (QED) is 0.0160. The van der Waals surface area contributed by atoms with E-state index in [1.807, 2.05) is 140 Å². The molecule has 22 nitrogen and oxygen atoms in total. The molecule has 0 radical (unpaired) electrons. The van der Waals surface area contributed by atoms with Crippen LogP contribution in [0.1, 0.15) is 75.6 Å². The summed E-state index contributed by atoms with van der Waals surface area (Å²) in [5.41, 5.74) is 4.37. The summed E-state index contributed by atoms with van der Waals surface area (Å²) in [4.78, 5) is 34.5. The van der Waals surface area contributed by atoms with Crippen molar-refractivity contribution >= 4 is 155 Å². The van der Waals surface area contributed by atoms with E-state index in [4.69, 9.17) is 60.8 Å². The SMILES string of the molecule is CC#CCOc1c2ccccc2c(OCCCC)c2c3[n]4c(c12)N=C1N=C(N=c2c5c(OCC#CC)c6ccccc6c(OCCCC)c5c([n]2[In]4[O]S(=O)(=O)O)=NC2=NC(=N3)c3c2cc2ccccc2c3-c2ccc(SOOO)cc2)c2c1cc1ccccc1c2-c1ccc(S(=O)(=O)O)cc1. The molecule has 0 saturated heterocycles. The molecule has 6 bridgehead atoms. The number of nitrogens with zero attached hydrogens (tertiary/aromatic N) is 8. The Kier molecular flexibility index (Phi) is 17.5. The third-order valence-corrected chi connectivity index (χ3v) is 28.9. The van der Waals surface area contributed by atoms with Gasteiger partial charge < -0.3 is 0 Å². The Morgan fingerprint density at radius 3 is 1.38 bits per heavy atom. The Hall–Kier alpha value is -10.2. The molecule has 0 spiro atoms. The second-order valence-electron chi connectivity index (χ2n) is 24.1. The number of aromatic nitrogens is 2. The molecule has 0 amide bonds. The van der Waals surface area contributed by atoms with Gasteiger partial charge in [0.15, 0.2) is 0 Å². The van der Waals surface area contributed by atoms with E-state index < -0.39 is 43.0 Å². The topological polar surface area (TPSA) is 278 Å². The maximum atomic E-state index is 14.8. The van der Waals surface area contributed by atoms with Gasteiger partial charge in [-0.1, -0.05) is 5.04 Å². The number of ether oxygens (including phenoxy) is 4. The predicted octanol–water partition coefficient (Wildman–Crippen LogP) is 14.5. The van der Waals surface area contributed by atoms with Crippen molar-refractivity contribution < 1.29 is 61.8 Å². The summed E-state index contributed by atoms with van der Waals surface area (Å²) in [6, 6.07) is 47.7. The van der Waals surface area contributed by atoms with Crippen LogP contribution in [0, 0.1) is 23.7 Å². The first-order valence-electron chi connectivity index (χ1n) is 32.7. The summed E-state index contributed by atoms with van der Waals surface area (Å²) in [6.45, 7) is 7.64. The van der Waals surface area contributed by atoms with Gasteiger partial charge in [-0.15, -0.1) is 0 Å². The van der Waals surface area contributed by atoms with E-state index in [-0.39, 0.29) is 105 Å². The van der Waals surface area contributed by atoms with E-state index in [0.29, 0.717) is 106 Å². The van der Waals surface area contributed by atoms with Gasteiger partial charge in [0.2, 0.25) is 0 Å². The minimum absolute atomic E-state index is 0.00213.